The fourth-order valence-corrected chi connectivity index (χ4v) is 4.59. The van der Waals surface area contributed by atoms with Gasteiger partial charge in [0.25, 0.3) is 0 Å². The molecule has 0 aliphatic carbocycles. The summed E-state index contributed by atoms with van der Waals surface area (Å²) in [5, 5.41) is 13.1. The number of rotatable bonds is 9. The lowest BCUT2D eigenvalue weighted by Gasteiger charge is -2.14. The van der Waals surface area contributed by atoms with Crippen molar-refractivity contribution in [2.24, 2.45) is 0 Å². The number of nitrogens with zero attached hydrogens (tertiary/aromatic N) is 2. The molecule has 21 heavy (non-hydrogen) atoms. The number of aromatic nitrogens is 2. The highest BCUT2D eigenvalue weighted by Crippen LogP contribution is 2.20. The lowest BCUT2D eigenvalue weighted by atomic mass is 10.4. The van der Waals surface area contributed by atoms with Crippen molar-refractivity contribution < 1.29 is 13.5 Å². The fourth-order valence-electron chi connectivity index (χ4n) is 2.16. The predicted octanol–water partition coefficient (Wildman–Crippen LogP) is 1.30. The van der Waals surface area contributed by atoms with Gasteiger partial charge in [-0.05, 0) is 32.9 Å². The van der Waals surface area contributed by atoms with Gasteiger partial charge in [-0.2, -0.15) is 16.9 Å². The maximum atomic E-state index is 12.5. The Kier molecular flexibility index (Phi) is 7.19. The standard InChI is InChI=1S/C13H25N3O3S2/c1-5-20-9-10(2)15-21(18,19)13-11(3)14-16(12(13)4)7-6-8-17/h10,15,17H,5-9H2,1-4H3. The molecule has 1 aromatic rings. The van der Waals surface area contributed by atoms with Crippen LogP contribution in [0.25, 0.3) is 0 Å². The minimum Gasteiger partial charge on any atom is -0.396 e. The zero-order valence-corrected chi connectivity index (χ0v) is 14.7. The summed E-state index contributed by atoms with van der Waals surface area (Å²) in [4.78, 5) is 0.258. The van der Waals surface area contributed by atoms with Crippen LogP contribution in [0.1, 0.15) is 31.7 Å². The molecule has 2 N–H and O–H groups in total. The second-order valence-electron chi connectivity index (χ2n) is 4.98. The first-order chi connectivity index (χ1) is 9.83. The van der Waals surface area contributed by atoms with Crippen LogP contribution in [0.2, 0.25) is 0 Å². The smallest absolute Gasteiger partial charge is 0.244 e. The Morgan fingerprint density at radius 2 is 2.10 bits per heavy atom. The second-order valence-corrected chi connectivity index (χ2v) is 7.95. The van der Waals surface area contributed by atoms with Crippen LogP contribution in [-0.4, -0.2) is 47.5 Å². The Bertz CT molecular complexity index is 555. The van der Waals surface area contributed by atoms with Crippen LogP contribution in [0.5, 0.6) is 0 Å². The Morgan fingerprint density at radius 1 is 1.43 bits per heavy atom. The minimum atomic E-state index is -3.56. The van der Waals surface area contributed by atoms with E-state index in [-0.39, 0.29) is 17.5 Å². The summed E-state index contributed by atoms with van der Waals surface area (Å²) < 4.78 is 29.4. The number of sulfonamides is 1. The monoisotopic (exact) mass is 335 g/mol. The van der Waals surface area contributed by atoms with Gasteiger partial charge in [-0.25, -0.2) is 13.1 Å². The van der Waals surface area contributed by atoms with Gasteiger partial charge in [0.15, 0.2) is 0 Å². The predicted molar refractivity (Wildman–Crippen MR) is 86.2 cm³/mol. The summed E-state index contributed by atoms with van der Waals surface area (Å²) in [6.07, 6.45) is 0.554. The normalized spacial score (nSPS) is 13.6. The third kappa shape index (κ3) is 4.98. The van der Waals surface area contributed by atoms with Crippen LogP contribution >= 0.6 is 11.8 Å². The highest BCUT2D eigenvalue weighted by molar-refractivity contribution is 7.99. The molecular weight excluding hydrogens is 310 g/mol. The van der Waals surface area contributed by atoms with Crippen LogP contribution in [0.15, 0.2) is 4.90 Å². The molecule has 0 fully saturated rings. The average molecular weight is 335 g/mol. The molecule has 1 unspecified atom stereocenters. The van der Waals surface area contributed by atoms with Gasteiger partial charge in [0.1, 0.15) is 4.90 Å². The van der Waals surface area contributed by atoms with Crippen molar-refractivity contribution in [2.45, 2.75) is 51.6 Å². The molecule has 6 nitrogen and oxygen atoms in total. The van der Waals surface area contributed by atoms with Crippen LogP contribution in [0, 0.1) is 13.8 Å². The molecule has 122 valence electrons. The quantitative estimate of drug-likeness (QED) is 0.711. The summed E-state index contributed by atoms with van der Waals surface area (Å²) in [7, 11) is -3.56. The molecule has 0 radical (unpaired) electrons. The van der Waals surface area contributed by atoms with Gasteiger partial charge in [-0.15, -0.1) is 0 Å². The minimum absolute atomic E-state index is 0.0595. The molecule has 1 rings (SSSR count). The fraction of sp³-hybridized carbons (Fsp3) is 0.769. The molecule has 0 saturated carbocycles. The van der Waals surface area contributed by atoms with Crippen LogP contribution < -0.4 is 4.72 Å². The molecular formula is C13H25N3O3S2. The van der Waals surface area contributed by atoms with E-state index >= 15 is 0 Å². The average Bonchev–Trinajstić information content (AvgIpc) is 2.68. The lowest BCUT2D eigenvalue weighted by molar-refractivity contribution is 0.276. The number of aryl methyl sites for hydroxylation is 2. The van der Waals surface area contributed by atoms with Crippen molar-refractivity contribution in [3.8, 4) is 0 Å². The van der Waals surface area contributed by atoms with Gasteiger partial charge in [0.2, 0.25) is 10.0 Å². The number of thioether (sulfide) groups is 1. The van der Waals surface area contributed by atoms with E-state index < -0.39 is 10.0 Å². The first-order valence-electron chi connectivity index (χ1n) is 7.08. The van der Waals surface area contributed by atoms with Crippen LogP contribution in [0.3, 0.4) is 0 Å². The molecule has 0 saturated heterocycles. The zero-order valence-electron chi connectivity index (χ0n) is 13.1. The summed E-state index contributed by atoms with van der Waals surface area (Å²) in [6, 6.07) is -0.125. The molecule has 0 amide bonds. The molecule has 1 heterocycles. The number of hydrogen-bond acceptors (Lipinski definition) is 5. The van der Waals surface area contributed by atoms with Gasteiger partial charge in [-0.1, -0.05) is 6.92 Å². The maximum Gasteiger partial charge on any atom is 0.244 e. The van der Waals surface area contributed by atoms with Crippen LogP contribution in [-0.2, 0) is 16.6 Å². The highest BCUT2D eigenvalue weighted by Gasteiger charge is 2.25. The Balaban J connectivity index is 2.95. The van der Waals surface area contributed by atoms with Gasteiger partial charge in [-0.3, -0.25) is 4.68 Å². The van der Waals surface area contributed by atoms with Gasteiger partial charge >= 0.3 is 0 Å². The second kappa shape index (κ2) is 8.17. The summed E-state index contributed by atoms with van der Waals surface area (Å²) >= 11 is 1.70. The SMILES string of the molecule is CCSCC(C)NS(=O)(=O)c1c(C)nn(CCCO)c1C. The third-order valence-electron chi connectivity index (χ3n) is 3.04. The van der Waals surface area contributed by atoms with E-state index in [1.165, 1.54) is 0 Å². The Morgan fingerprint density at radius 3 is 2.67 bits per heavy atom. The molecule has 1 aromatic heterocycles. The first kappa shape index (κ1) is 18.5. The Hall–Kier alpha value is -0.570. The van der Waals surface area contributed by atoms with Crippen molar-refractivity contribution in [1.82, 2.24) is 14.5 Å². The van der Waals surface area contributed by atoms with Crippen molar-refractivity contribution in [3.05, 3.63) is 11.4 Å². The lowest BCUT2D eigenvalue weighted by Crippen LogP contribution is -2.34. The number of hydrogen-bond donors (Lipinski definition) is 2. The van der Waals surface area contributed by atoms with E-state index in [2.05, 4.69) is 9.82 Å². The molecule has 0 spiro atoms. The maximum absolute atomic E-state index is 12.5. The molecule has 0 bridgehead atoms. The largest absolute Gasteiger partial charge is 0.396 e. The first-order valence-corrected chi connectivity index (χ1v) is 9.72. The van der Waals surface area contributed by atoms with Gasteiger partial charge < -0.3 is 5.11 Å². The van der Waals surface area contributed by atoms with E-state index in [1.807, 2.05) is 13.8 Å². The number of aliphatic hydroxyl groups excluding tert-OH is 1. The van der Waals surface area contributed by atoms with E-state index in [1.54, 1.807) is 30.3 Å². The molecule has 0 aliphatic rings. The van der Waals surface area contributed by atoms with Crippen LogP contribution in [0.4, 0.5) is 0 Å². The molecule has 8 heteroatoms. The van der Waals surface area contributed by atoms with Crippen molar-refractivity contribution in [2.75, 3.05) is 18.1 Å². The zero-order chi connectivity index (χ0) is 16.0. The van der Waals surface area contributed by atoms with E-state index in [0.29, 0.717) is 24.4 Å². The summed E-state index contributed by atoms with van der Waals surface area (Å²) in [5.41, 5.74) is 1.11. The summed E-state index contributed by atoms with van der Waals surface area (Å²) in [6.45, 7) is 7.93. The molecule has 0 aliphatic heterocycles. The van der Waals surface area contributed by atoms with Crippen molar-refractivity contribution in [3.63, 3.8) is 0 Å². The van der Waals surface area contributed by atoms with E-state index in [0.717, 1.165) is 11.5 Å². The molecule has 1 atom stereocenters. The van der Waals surface area contributed by atoms with E-state index in [4.69, 9.17) is 5.11 Å². The summed E-state index contributed by atoms with van der Waals surface area (Å²) in [5.74, 6) is 1.70. The molecule has 0 aromatic carbocycles. The highest BCUT2D eigenvalue weighted by atomic mass is 32.2. The van der Waals surface area contributed by atoms with Gasteiger partial charge in [0.05, 0.1) is 11.4 Å². The number of nitrogens with one attached hydrogen (secondary N) is 1. The van der Waals surface area contributed by atoms with E-state index in [9.17, 15) is 8.42 Å². The van der Waals surface area contributed by atoms with Crippen molar-refractivity contribution >= 4 is 21.8 Å². The van der Waals surface area contributed by atoms with Gasteiger partial charge in [0, 0.05) is 24.9 Å². The van der Waals surface area contributed by atoms with Crippen molar-refractivity contribution in [1.29, 1.82) is 0 Å². The third-order valence-corrected chi connectivity index (χ3v) is 6.03. The topological polar surface area (TPSA) is 84.2 Å². The Labute approximate surface area is 131 Å². The number of aliphatic hydroxyl groups is 1.